The fourth-order valence-corrected chi connectivity index (χ4v) is 5.21. The summed E-state index contributed by atoms with van der Waals surface area (Å²) in [4.78, 5) is 19.7. The number of carbonyl (C=O) groups excluding carboxylic acids is 1. The molecule has 0 radical (unpaired) electrons. The van der Waals surface area contributed by atoms with Gasteiger partial charge in [-0.15, -0.1) is 0 Å². The number of hydrazine groups is 1. The van der Waals surface area contributed by atoms with Crippen LogP contribution in [0.4, 0.5) is 5.69 Å². The van der Waals surface area contributed by atoms with E-state index >= 15 is 0 Å². The van der Waals surface area contributed by atoms with Gasteiger partial charge in [0.2, 0.25) is 0 Å². The molecule has 0 spiro atoms. The zero-order chi connectivity index (χ0) is 27.5. The molecule has 6 rings (SSSR count). The van der Waals surface area contributed by atoms with E-state index < -0.39 is 0 Å². The third-order valence-corrected chi connectivity index (χ3v) is 7.21. The summed E-state index contributed by atoms with van der Waals surface area (Å²) in [5.41, 5.74) is 12.3. The van der Waals surface area contributed by atoms with Crippen LogP contribution in [-0.4, -0.2) is 28.1 Å². The molecule has 198 valence electrons. The van der Waals surface area contributed by atoms with Crippen LogP contribution in [0.15, 0.2) is 109 Å². The Kier molecular flexibility index (Phi) is 6.91. The van der Waals surface area contributed by atoms with Gasteiger partial charge in [0.25, 0.3) is 5.91 Å². The van der Waals surface area contributed by atoms with Crippen molar-refractivity contribution in [3.8, 4) is 5.75 Å². The first kappa shape index (κ1) is 25.2. The summed E-state index contributed by atoms with van der Waals surface area (Å²) < 4.78 is 5.17. The number of hydrogen-bond donors (Lipinski definition) is 5. The van der Waals surface area contributed by atoms with E-state index in [1.807, 2.05) is 60.7 Å². The van der Waals surface area contributed by atoms with E-state index in [9.17, 15) is 4.79 Å². The van der Waals surface area contributed by atoms with Gasteiger partial charge in [0.1, 0.15) is 5.75 Å². The Labute approximate surface area is 236 Å². The van der Waals surface area contributed by atoms with Gasteiger partial charge in [-0.05, 0) is 77.4 Å². The normalized spacial score (nSPS) is 11.1. The topological polar surface area (TPSA) is 94.0 Å². The lowest BCUT2D eigenvalue weighted by molar-refractivity contribution is 0.0944. The van der Waals surface area contributed by atoms with Gasteiger partial charge in [0.05, 0.1) is 7.11 Å². The molecule has 0 unspecified atom stereocenters. The lowest BCUT2D eigenvalue weighted by Gasteiger charge is -2.18. The van der Waals surface area contributed by atoms with Crippen molar-refractivity contribution in [3.63, 3.8) is 0 Å². The number of hydrogen-bond acceptors (Lipinski definition) is 3. The molecule has 8 heteroatoms. The second kappa shape index (κ2) is 11.0. The molecular formula is C32H27N5O2S. The first-order chi connectivity index (χ1) is 19.6. The zero-order valence-corrected chi connectivity index (χ0v) is 22.5. The van der Waals surface area contributed by atoms with E-state index in [0.29, 0.717) is 5.56 Å². The number of anilines is 1. The summed E-state index contributed by atoms with van der Waals surface area (Å²) in [6, 6.07) is 31.6. The van der Waals surface area contributed by atoms with Crippen LogP contribution in [0.25, 0.3) is 21.8 Å². The van der Waals surface area contributed by atoms with E-state index in [4.69, 9.17) is 17.0 Å². The maximum atomic E-state index is 12.9. The number of thiocarbonyl (C=S) groups is 1. The molecule has 0 aliphatic carbocycles. The number of methoxy groups -OCH3 is 1. The van der Waals surface area contributed by atoms with Gasteiger partial charge < -0.3 is 20.0 Å². The highest BCUT2D eigenvalue weighted by atomic mass is 32.1. The number of benzene rings is 4. The number of rotatable bonds is 6. The first-order valence-electron chi connectivity index (χ1n) is 12.8. The zero-order valence-electron chi connectivity index (χ0n) is 21.7. The highest BCUT2D eigenvalue weighted by Crippen LogP contribution is 2.39. The molecule has 40 heavy (non-hydrogen) atoms. The number of H-pyrrole nitrogens is 2. The number of ether oxygens (including phenoxy) is 1. The maximum Gasteiger partial charge on any atom is 0.269 e. The molecule has 2 aromatic heterocycles. The van der Waals surface area contributed by atoms with Crippen LogP contribution in [0, 0.1) is 0 Å². The average molecular weight is 546 g/mol. The van der Waals surface area contributed by atoms with Crippen molar-refractivity contribution in [1.82, 2.24) is 20.8 Å². The van der Waals surface area contributed by atoms with Gasteiger partial charge in [0.15, 0.2) is 5.11 Å². The Morgan fingerprint density at radius 3 is 1.90 bits per heavy atom. The smallest absolute Gasteiger partial charge is 0.269 e. The van der Waals surface area contributed by atoms with Gasteiger partial charge >= 0.3 is 0 Å². The maximum absolute atomic E-state index is 12.9. The molecule has 0 saturated heterocycles. The van der Waals surface area contributed by atoms with Crippen molar-refractivity contribution in [3.05, 3.63) is 132 Å². The molecule has 2 heterocycles. The summed E-state index contributed by atoms with van der Waals surface area (Å²) in [7, 11) is 1.61. The fourth-order valence-electron chi connectivity index (χ4n) is 5.04. The average Bonchev–Trinajstić information content (AvgIpc) is 3.62. The predicted molar refractivity (Wildman–Crippen MR) is 164 cm³/mol. The summed E-state index contributed by atoms with van der Waals surface area (Å²) in [5, 5.41) is 5.64. The predicted octanol–water partition coefficient (Wildman–Crippen LogP) is 6.47. The minimum atomic E-state index is -0.291. The quantitative estimate of drug-likeness (QED) is 0.122. The van der Waals surface area contributed by atoms with Gasteiger partial charge in [-0.25, -0.2) is 0 Å². The van der Waals surface area contributed by atoms with Crippen LogP contribution in [0.2, 0.25) is 0 Å². The van der Waals surface area contributed by atoms with Gasteiger partial charge in [-0.1, -0.05) is 48.5 Å². The fraction of sp³-hybridized carbons (Fsp3) is 0.0625. The lowest BCUT2D eigenvalue weighted by Crippen LogP contribution is -2.43. The molecular weight excluding hydrogens is 518 g/mol. The lowest BCUT2D eigenvalue weighted by atomic mass is 9.84. The molecule has 0 aliphatic heterocycles. The van der Waals surface area contributed by atoms with Gasteiger partial charge in [-0.3, -0.25) is 15.6 Å². The van der Waals surface area contributed by atoms with Crippen molar-refractivity contribution in [2.45, 2.75) is 5.92 Å². The van der Waals surface area contributed by atoms with Crippen molar-refractivity contribution in [2.24, 2.45) is 0 Å². The number of fused-ring (bicyclic) bond motifs is 2. The van der Waals surface area contributed by atoms with Crippen LogP contribution in [-0.2, 0) is 0 Å². The van der Waals surface area contributed by atoms with Gasteiger partial charge in [0, 0.05) is 51.4 Å². The minimum Gasteiger partial charge on any atom is -0.497 e. The number of carbonyl (C=O) groups is 1. The SMILES string of the molecule is COc1ccc(NC(=S)NNC(=O)c2ccc(C(c3c[nH]c4ccccc34)c3c[nH]c4ccccc34)cc2)cc1. The highest BCUT2D eigenvalue weighted by Gasteiger charge is 2.23. The molecule has 1 amide bonds. The molecule has 4 aromatic carbocycles. The molecule has 0 fully saturated rings. The molecule has 0 aliphatic rings. The Morgan fingerprint density at radius 2 is 1.32 bits per heavy atom. The van der Waals surface area contributed by atoms with Crippen molar-refractivity contribution in [1.29, 1.82) is 0 Å². The van der Waals surface area contributed by atoms with Crippen molar-refractivity contribution < 1.29 is 9.53 Å². The second-order valence-electron chi connectivity index (χ2n) is 9.40. The highest BCUT2D eigenvalue weighted by molar-refractivity contribution is 7.80. The van der Waals surface area contributed by atoms with Crippen molar-refractivity contribution >= 4 is 50.7 Å². The molecule has 0 atom stereocenters. The summed E-state index contributed by atoms with van der Waals surface area (Å²) in [5.74, 6) is 0.419. The molecule has 5 N–H and O–H groups in total. The van der Waals surface area contributed by atoms with Crippen molar-refractivity contribution in [2.75, 3.05) is 12.4 Å². The van der Waals surface area contributed by atoms with Crippen LogP contribution in [0.1, 0.15) is 33.0 Å². The summed E-state index contributed by atoms with van der Waals surface area (Å²) >= 11 is 5.31. The monoisotopic (exact) mass is 545 g/mol. The first-order valence-corrected chi connectivity index (χ1v) is 13.2. The number of aromatic amines is 2. The van der Waals surface area contributed by atoms with Gasteiger partial charge in [-0.2, -0.15) is 0 Å². The molecule has 0 bridgehead atoms. The summed E-state index contributed by atoms with van der Waals surface area (Å²) in [6.45, 7) is 0. The van der Waals surface area contributed by atoms with E-state index in [-0.39, 0.29) is 16.9 Å². The molecule has 7 nitrogen and oxygen atoms in total. The largest absolute Gasteiger partial charge is 0.497 e. The third-order valence-electron chi connectivity index (χ3n) is 7.01. The minimum absolute atomic E-state index is 0.0381. The Hall–Kier alpha value is -5.08. The number of para-hydroxylation sites is 2. The number of nitrogens with one attached hydrogen (secondary N) is 5. The molecule has 6 aromatic rings. The standard InChI is InChI=1S/C32H27N5O2S/c1-39-23-16-14-22(15-17-23)35-32(40)37-36-31(38)21-12-10-20(11-13-21)30(26-18-33-28-8-4-2-6-24(26)28)27-19-34-29-9-5-3-7-25(27)29/h2-19,30,33-34H,1H3,(H,36,38)(H2,35,37,40). The second-order valence-corrected chi connectivity index (χ2v) is 9.80. The van der Waals surface area contributed by atoms with E-state index in [0.717, 1.165) is 28.0 Å². The number of amides is 1. The van der Waals surface area contributed by atoms with Crippen LogP contribution in [0.3, 0.4) is 0 Å². The van der Waals surface area contributed by atoms with E-state index in [1.165, 1.54) is 21.9 Å². The van der Waals surface area contributed by atoms with E-state index in [2.05, 4.69) is 74.9 Å². The molecule has 0 saturated carbocycles. The summed E-state index contributed by atoms with van der Waals surface area (Å²) in [6.07, 6.45) is 4.16. The van der Waals surface area contributed by atoms with Crippen LogP contribution < -0.4 is 20.9 Å². The van der Waals surface area contributed by atoms with Crippen LogP contribution in [0.5, 0.6) is 5.75 Å². The Morgan fingerprint density at radius 1 is 0.750 bits per heavy atom. The van der Waals surface area contributed by atoms with Crippen LogP contribution >= 0.6 is 12.2 Å². The Bertz CT molecular complexity index is 1730. The van der Waals surface area contributed by atoms with E-state index in [1.54, 1.807) is 7.11 Å². The Balaban J connectivity index is 1.23. The third kappa shape index (κ3) is 5.00. The number of aromatic nitrogens is 2.